The van der Waals surface area contributed by atoms with E-state index in [-0.39, 0.29) is 10.8 Å². The smallest absolute Gasteiger partial charge is 0.306 e. The summed E-state index contributed by atoms with van der Waals surface area (Å²) in [5.41, 5.74) is 0.770. The molecule has 0 aromatic heterocycles. The highest BCUT2D eigenvalue weighted by atomic mass is 35.5. The minimum Gasteiger partial charge on any atom is -0.482 e. The molecule has 1 aliphatic rings. The van der Waals surface area contributed by atoms with Gasteiger partial charge in [-0.05, 0) is 43.7 Å². The first-order chi connectivity index (χ1) is 12.5. The van der Waals surface area contributed by atoms with Crippen LogP contribution < -0.4 is 8.92 Å². The van der Waals surface area contributed by atoms with Gasteiger partial charge in [-0.3, -0.25) is 0 Å². The second-order valence-electron chi connectivity index (χ2n) is 6.55. The summed E-state index contributed by atoms with van der Waals surface area (Å²) in [7, 11) is -3.71. The maximum absolute atomic E-state index is 14.0. The van der Waals surface area contributed by atoms with Gasteiger partial charge in [-0.15, -0.1) is 0 Å². The van der Waals surface area contributed by atoms with Crippen LogP contribution in [0, 0.1) is 17.1 Å². The van der Waals surface area contributed by atoms with Crippen LogP contribution in [0.4, 0.5) is 4.39 Å². The highest BCUT2D eigenvalue weighted by molar-refractivity contribution is 7.86. The van der Waals surface area contributed by atoms with Gasteiger partial charge in [0, 0.05) is 17.2 Å². The summed E-state index contributed by atoms with van der Waals surface area (Å²) in [6.45, 7) is 3.40. The first-order valence-corrected chi connectivity index (χ1v) is 10.0. The fraction of sp³-hybridized carbons (Fsp3) is 0.211. The van der Waals surface area contributed by atoms with Crippen molar-refractivity contribution >= 4 is 27.3 Å². The Morgan fingerprint density at radius 1 is 1.22 bits per heavy atom. The van der Waals surface area contributed by atoms with Gasteiger partial charge in [-0.1, -0.05) is 17.7 Å². The lowest BCUT2D eigenvalue weighted by atomic mass is 9.83. The minimum absolute atomic E-state index is 0.0266. The molecule has 0 saturated carbocycles. The van der Waals surface area contributed by atoms with Crippen molar-refractivity contribution in [2.24, 2.45) is 0 Å². The molecular weight excluding hydrogens is 393 g/mol. The lowest BCUT2D eigenvalue weighted by Crippen LogP contribution is -2.34. The zero-order chi connectivity index (χ0) is 20.0. The van der Waals surface area contributed by atoms with Crippen LogP contribution in [0.25, 0.3) is 5.57 Å². The van der Waals surface area contributed by atoms with Gasteiger partial charge >= 0.3 is 10.1 Å². The molecule has 0 atom stereocenters. The summed E-state index contributed by atoms with van der Waals surface area (Å²) in [5, 5.41) is 9.68. The molecule has 2 aromatic carbocycles. The Morgan fingerprint density at radius 3 is 2.52 bits per heavy atom. The van der Waals surface area contributed by atoms with Crippen LogP contribution in [0.3, 0.4) is 0 Å². The molecule has 0 N–H and O–H groups in total. The molecule has 2 aromatic rings. The fourth-order valence-corrected chi connectivity index (χ4v) is 3.49. The van der Waals surface area contributed by atoms with Crippen LogP contribution in [-0.4, -0.2) is 20.3 Å². The molecule has 1 aliphatic heterocycles. The molecule has 3 rings (SSSR count). The van der Waals surface area contributed by atoms with Gasteiger partial charge in [-0.2, -0.15) is 13.7 Å². The van der Waals surface area contributed by atoms with Crippen LogP contribution in [0.1, 0.15) is 25.0 Å². The topological polar surface area (TPSA) is 76.4 Å². The van der Waals surface area contributed by atoms with Gasteiger partial charge in [-0.25, -0.2) is 4.39 Å². The lowest BCUT2D eigenvalue weighted by molar-refractivity contribution is 0.149. The molecule has 0 fully saturated rings. The van der Waals surface area contributed by atoms with Crippen molar-refractivity contribution in [2.45, 2.75) is 19.4 Å². The van der Waals surface area contributed by atoms with E-state index in [9.17, 15) is 18.1 Å². The van der Waals surface area contributed by atoms with E-state index in [2.05, 4.69) is 6.07 Å². The van der Waals surface area contributed by atoms with Gasteiger partial charge < -0.3 is 8.92 Å². The molecule has 0 unspecified atom stereocenters. The largest absolute Gasteiger partial charge is 0.482 e. The number of fused-ring (bicyclic) bond motifs is 1. The SMILES string of the molecule is CC1(C)Oc2cc(OS(C)(=O)=O)ccc2C(c2ccc(Cl)c(F)c2)=C1C#N. The number of nitrogens with zero attached hydrogens (tertiary/aromatic N) is 1. The fourth-order valence-electron chi connectivity index (χ4n) is 2.92. The predicted octanol–water partition coefficient (Wildman–Crippen LogP) is 4.31. The second kappa shape index (κ2) is 6.55. The molecule has 0 saturated heterocycles. The van der Waals surface area contributed by atoms with E-state index in [1.54, 1.807) is 26.0 Å². The molecular formula is C19H15ClFNO4S. The van der Waals surface area contributed by atoms with Crippen molar-refractivity contribution in [1.82, 2.24) is 0 Å². The average molecular weight is 408 g/mol. The number of ether oxygens (including phenoxy) is 1. The summed E-state index contributed by atoms with van der Waals surface area (Å²) in [6.07, 6.45) is 0.937. The molecule has 0 radical (unpaired) electrons. The van der Waals surface area contributed by atoms with Gasteiger partial charge in [0.1, 0.15) is 22.9 Å². The zero-order valence-corrected chi connectivity index (χ0v) is 16.3. The normalized spacial score (nSPS) is 15.6. The summed E-state index contributed by atoms with van der Waals surface area (Å²) in [5.74, 6) is -0.207. The Kier molecular flexibility index (Phi) is 4.66. The molecule has 0 amide bonds. The van der Waals surface area contributed by atoms with Crippen LogP contribution >= 0.6 is 11.6 Å². The molecule has 5 nitrogen and oxygen atoms in total. The van der Waals surface area contributed by atoms with Crippen molar-refractivity contribution < 1.29 is 21.7 Å². The molecule has 0 spiro atoms. The summed E-state index contributed by atoms with van der Waals surface area (Å²) >= 11 is 5.77. The molecule has 0 aliphatic carbocycles. The van der Waals surface area contributed by atoms with E-state index in [4.69, 9.17) is 20.5 Å². The van der Waals surface area contributed by atoms with E-state index < -0.39 is 21.5 Å². The molecule has 1 heterocycles. The highest BCUT2D eigenvalue weighted by Gasteiger charge is 2.36. The Morgan fingerprint density at radius 2 is 1.93 bits per heavy atom. The molecule has 8 heteroatoms. The Bertz CT molecular complexity index is 1120. The van der Waals surface area contributed by atoms with Gasteiger partial charge in [0.05, 0.1) is 22.9 Å². The van der Waals surface area contributed by atoms with Crippen LogP contribution in [0.15, 0.2) is 42.0 Å². The minimum atomic E-state index is -3.71. The van der Waals surface area contributed by atoms with E-state index in [1.165, 1.54) is 24.3 Å². The third kappa shape index (κ3) is 3.77. The third-order valence-electron chi connectivity index (χ3n) is 4.01. The monoisotopic (exact) mass is 407 g/mol. The van der Waals surface area contributed by atoms with Crippen molar-refractivity contribution in [3.63, 3.8) is 0 Å². The van der Waals surface area contributed by atoms with Crippen LogP contribution in [0.2, 0.25) is 5.02 Å². The van der Waals surface area contributed by atoms with E-state index in [0.717, 1.165) is 6.26 Å². The van der Waals surface area contributed by atoms with Crippen LogP contribution in [-0.2, 0) is 10.1 Å². The Hall–Kier alpha value is -2.56. The Labute approximate surface area is 161 Å². The molecule has 0 bridgehead atoms. The maximum Gasteiger partial charge on any atom is 0.306 e. The number of benzene rings is 2. The number of hydrogen-bond donors (Lipinski definition) is 0. The Balaban J connectivity index is 2.25. The quantitative estimate of drug-likeness (QED) is 0.708. The number of hydrogen-bond acceptors (Lipinski definition) is 5. The standard InChI is InChI=1S/C19H15ClFNO4S/c1-19(2)14(10-22)18(11-4-7-15(20)16(21)8-11)13-6-5-12(9-17(13)25-19)26-27(3,23)24/h4-9H,1-3H3. The first kappa shape index (κ1) is 19.2. The summed E-state index contributed by atoms with van der Waals surface area (Å²) in [4.78, 5) is 0. The predicted molar refractivity (Wildman–Crippen MR) is 99.7 cm³/mol. The molecule has 27 heavy (non-hydrogen) atoms. The van der Waals surface area contributed by atoms with Crippen LogP contribution in [0.5, 0.6) is 11.5 Å². The second-order valence-corrected chi connectivity index (χ2v) is 8.53. The van der Waals surface area contributed by atoms with Crippen molar-refractivity contribution in [3.05, 3.63) is 63.9 Å². The number of rotatable bonds is 3. The van der Waals surface area contributed by atoms with Crippen molar-refractivity contribution in [3.8, 4) is 17.6 Å². The lowest BCUT2D eigenvalue weighted by Gasteiger charge is -2.34. The summed E-state index contributed by atoms with van der Waals surface area (Å²) < 4.78 is 47.6. The van der Waals surface area contributed by atoms with E-state index in [1.807, 2.05) is 0 Å². The highest BCUT2D eigenvalue weighted by Crippen LogP contribution is 2.45. The average Bonchev–Trinajstić information content (AvgIpc) is 2.53. The van der Waals surface area contributed by atoms with Gasteiger partial charge in [0.15, 0.2) is 0 Å². The maximum atomic E-state index is 14.0. The van der Waals surface area contributed by atoms with Crippen molar-refractivity contribution in [2.75, 3.05) is 6.26 Å². The van der Waals surface area contributed by atoms with E-state index >= 15 is 0 Å². The van der Waals surface area contributed by atoms with Crippen molar-refractivity contribution in [1.29, 1.82) is 5.26 Å². The molecule has 140 valence electrons. The summed E-state index contributed by atoms with van der Waals surface area (Å²) in [6, 6.07) is 10.9. The third-order valence-corrected chi connectivity index (χ3v) is 4.81. The zero-order valence-electron chi connectivity index (χ0n) is 14.7. The van der Waals surface area contributed by atoms with E-state index in [0.29, 0.717) is 28.0 Å². The first-order valence-electron chi connectivity index (χ1n) is 7.85. The number of halogens is 2. The van der Waals surface area contributed by atoms with Gasteiger partial charge in [0.25, 0.3) is 0 Å². The van der Waals surface area contributed by atoms with Gasteiger partial charge in [0.2, 0.25) is 0 Å². The number of nitriles is 1.